The van der Waals surface area contributed by atoms with Crippen LogP contribution >= 0.6 is 0 Å². The number of hydrogen-bond donors (Lipinski definition) is 2. The summed E-state index contributed by atoms with van der Waals surface area (Å²) in [6, 6.07) is 9.95. The molecule has 2 aromatic rings. The summed E-state index contributed by atoms with van der Waals surface area (Å²) in [7, 11) is 3.25. The summed E-state index contributed by atoms with van der Waals surface area (Å²) in [5.74, 6) is -0.778. The van der Waals surface area contributed by atoms with E-state index in [4.69, 9.17) is 0 Å². The Labute approximate surface area is 123 Å². The first-order valence-corrected chi connectivity index (χ1v) is 6.64. The van der Waals surface area contributed by atoms with Crippen molar-refractivity contribution in [2.75, 3.05) is 14.1 Å². The minimum atomic E-state index is -0.654. The molecule has 0 aliphatic rings. The van der Waals surface area contributed by atoms with E-state index < -0.39 is 11.9 Å². The van der Waals surface area contributed by atoms with E-state index in [2.05, 4.69) is 5.32 Å². The number of nitrogens with zero attached hydrogens (tertiary/aromatic N) is 1. The van der Waals surface area contributed by atoms with Crippen LogP contribution in [-0.2, 0) is 4.79 Å². The summed E-state index contributed by atoms with van der Waals surface area (Å²) in [4.78, 5) is 25.4. The predicted octanol–water partition coefficient (Wildman–Crippen LogP) is 1.75. The average molecular weight is 286 g/mol. The zero-order valence-corrected chi connectivity index (χ0v) is 12.3. The van der Waals surface area contributed by atoms with Gasteiger partial charge in [0.2, 0.25) is 5.91 Å². The lowest BCUT2D eigenvalue weighted by Crippen LogP contribution is -2.44. The lowest BCUT2D eigenvalue weighted by atomic mass is 10.1. The van der Waals surface area contributed by atoms with Crippen molar-refractivity contribution in [1.82, 2.24) is 10.2 Å². The van der Waals surface area contributed by atoms with Crippen molar-refractivity contribution in [3.63, 3.8) is 0 Å². The average Bonchev–Trinajstić information content (AvgIpc) is 2.45. The van der Waals surface area contributed by atoms with E-state index in [1.54, 1.807) is 33.2 Å². The fraction of sp³-hybridized carbons (Fsp3) is 0.250. The summed E-state index contributed by atoms with van der Waals surface area (Å²) >= 11 is 0. The SMILES string of the molecule is C[C@@H](NC(=O)c1cc2ccccc2cc1O)C(=O)N(C)C. The Bertz CT molecular complexity index is 695. The van der Waals surface area contributed by atoms with E-state index in [9.17, 15) is 14.7 Å². The largest absolute Gasteiger partial charge is 0.507 e. The lowest BCUT2D eigenvalue weighted by Gasteiger charge is -2.18. The molecule has 0 aromatic heterocycles. The highest BCUT2D eigenvalue weighted by molar-refractivity contribution is 6.03. The van der Waals surface area contributed by atoms with Gasteiger partial charge in [-0.25, -0.2) is 0 Å². The Morgan fingerprint density at radius 2 is 1.71 bits per heavy atom. The number of amides is 2. The molecule has 2 aromatic carbocycles. The number of phenols is 1. The Morgan fingerprint density at radius 3 is 2.29 bits per heavy atom. The smallest absolute Gasteiger partial charge is 0.255 e. The van der Waals surface area contributed by atoms with Gasteiger partial charge in [-0.15, -0.1) is 0 Å². The van der Waals surface area contributed by atoms with Gasteiger partial charge in [-0.1, -0.05) is 24.3 Å². The fourth-order valence-corrected chi connectivity index (χ4v) is 2.13. The molecule has 0 saturated heterocycles. The second-order valence-electron chi connectivity index (χ2n) is 5.14. The molecule has 110 valence electrons. The monoisotopic (exact) mass is 286 g/mol. The van der Waals surface area contributed by atoms with Crippen LogP contribution in [0.4, 0.5) is 0 Å². The molecule has 2 N–H and O–H groups in total. The highest BCUT2D eigenvalue weighted by atomic mass is 16.3. The first kappa shape index (κ1) is 14.8. The first-order valence-electron chi connectivity index (χ1n) is 6.64. The summed E-state index contributed by atoms with van der Waals surface area (Å²) in [5.41, 5.74) is 0.159. The van der Waals surface area contributed by atoms with Gasteiger partial charge in [0.15, 0.2) is 0 Å². The second kappa shape index (κ2) is 5.83. The van der Waals surface area contributed by atoms with Gasteiger partial charge in [-0.3, -0.25) is 9.59 Å². The van der Waals surface area contributed by atoms with Gasteiger partial charge in [-0.2, -0.15) is 0 Å². The summed E-state index contributed by atoms with van der Waals surface area (Å²) in [6.45, 7) is 1.61. The highest BCUT2D eigenvalue weighted by Gasteiger charge is 2.20. The van der Waals surface area contributed by atoms with Crippen molar-refractivity contribution in [2.45, 2.75) is 13.0 Å². The van der Waals surface area contributed by atoms with Crippen molar-refractivity contribution in [1.29, 1.82) is 0 Å². The topological polar surface area (TPSA) is 69.6 Å². The molecule has 5 heteroatoms. The number of carbonyl (C=O) groups is 2. The van der Waals surface area contributed by atoms with Crippen LogP contribution in [0.5, 0.6) is 5.75 Å². The summed E-state index contributed by atoms with van der Waals surface area (Å²) in [5, 5.41) is 14.3. The standard InChI is InChI=1S/C16H18N2O3/c1-10(16(21)18(2)3)17-15(20)13-8-11-6-4-5-7-12(11)9-14(13)19/h4-10,19H,1-3H3,(H,17,20)/t10-/m1/s1. The maximum atomic E-state index is 12.2. The molecular formula is C16H18N2O3. The van der Waals surface area contributed by atoms with E-state index in [0.717, 1.165) is 10.8 Å². The number of fused-ring (bicyclic) bond motifs is 1. The van der Waals surface area contributed by atoms with E-state index in [0.29, 0.717) is 0 Å². The summed E-state index contributed by atoms with van der Waals surface area (Å²) in [6.07, 6.45) is 0. The maximum absolute atomic E-state index is 12.2. The molecule has 0 saturated carbocycles. The normalized spacial score (nSPS) is 12.0. The molecule has 0 radical (unpaired) electrons. The molecular weight excluding hydrogens is 268 g/mol. The molecule has 0 heterocycles. The Morgan fingerprint density at radius 1 is 1.14 bits per heavy atom. The van der Waals surface area contributed by atoms with Crippen LogP contribution in [0.25, 0.3) is 10.8 Å². The Kier molecular flexibility index (Phi) is 4.12. The number of likely N-dealkylation sites (N-methyl/N-ethyl adjacent to an activating group) is 1. The molecule has 0 bridgehead atoms. The van der Waals surface area contributed by atoms with Gasteiger partial charge < -0.3 is 15.3 Å². The van der Waals surface area contributed by atoms with Gasteiger partial charge in [0, 0.05) is 14.1 Å². The van der Waals surface area contributed by atoms with Crippen molar-refractivity contribution in [2.24, 2.45) is 0 Å². The van der Waals surface area contributed by atoms with Crippen molar-refractivity contribution in [3.8, 4) is 5.75 Å². The van der Waals surface area contributed by atoms with Crippen LogP contribution in [0.2, 0.25) is 0 Å². The van der Waals surface area contributed by atoms with Crippen molar-refractivity contribution < 1.29 is 14.7 Å². The lowest BCUT2D eigenvalue weighted by molar-refractivity contribution is -0.130. The number of benzene rings is 2. The Hall–Kier alpha value is -2.56. The predicted molar refractivity (Wildman–Crippen MR) is 81.2 cm³/mol. The van der Waals surface area contributed by atoms with Gasteiger partial charge in [0.05, 0.1) is 5.56 Å². The second-order valence-corrected chi connectivity index (χ2v) is 5.14. The molecule has 1 atom stereocenters. The fourth-order valence-electron chi connectivity index (χ4n) is 2.13. The third kappa shape index (κ3) is 3.13. The maximum Gasteiger partial charge on any atom is 0.255 e. The zero-order valence-electron chi connectivity index (χ0n) is 12.3. The molecule has 0 spiro atoms. The molecule has 2 rings (SSSR count). The Balaban J connectivity index is 2.27. The van der Waals surface area contributed by atoms with Gasteiger partial charge in [-0.05, 0) is 29.8 Å². The highest BCUT2D eigenvalue weighted by Crippen LogP contribution is 2.24. The minimum absolute atomic E-state index is 0.101. The van der Waals surface area contributed by atoms with Crippen LogP contribution in [0.3, 0.4) is 0 Å². The quantitative estimate of drug-likeness (QED) is 0.903. The van der Waals surface area contributed by atoms with E-state index in [1.807, 2.05) is 24.3 Å². The van der Waals surface area contributed by atoms with E-state index in [1.165, 1.54) is 4.90 Å². The van der Waals surface area contributed by atoms with Gasteiger partial charge in [0.1, 0.15) is 11.8 Å². The molecule has 0 aliphatic carbocycles. The molecule has 0 unspecified atom stereocenters. The minimum Gasteiger partial charge on any atom is -0.507 e. The molecule has 0 aliphatic heterocycles. The van der Waals surface area contributed by atoms with Gasteiger partial charge in [0.25, 0.3) is 5.91 Å². The third-order valence-corrected chi connectivity index (χ3v) is 3.27. The molecule has 21 heavy (non-hydrogen) atoms. The summed E-state index contributed by atoms with van der Waals surface area (Å²) < 4.78 is 0. The first-order chi connectivity index (χ1) is 9.90. The van der Waals surface area contributed by atoms with Crippen molar-refractivity contribution in [3.05, 3.63) is 42.0 Å². The van der Waals surface area contributed by atoms with E-state index in [-0.39, 0.29) is 17.2 Å². The van der Waals surface area contributed by atoms with Crippen LogP contribution in [-0.4, -0.2) is 42.0 Å². The van der Waals surface area contributed by atoms with Crippen LogP contribution < -0.4 is 5.32 Å². The van der Waals surface area contributed by atoms with Crippen molar-refractivity contribution >= 4 is 22.6 Å². The number of phenolic OH excluding ortho intramolecular Hbond substituents is 1. The van der Waals surface area contributed by atoms with Crippen LogP contribution in [0.15, 0.2) is 36.4 Å². The van der Waals surface area contributed by atoms with Gasteiger partial charge >= 0.3 is 0 Å². The number of nitrogens with one attached hydrogen (secondary N) is 1. The van der Waals surface area contributed by atoms with E-state index >= 15 is 0 Å². The van der Waals surface area contributed by atoms with Crippen LogP contribution in [0.1, 0.15) is 17.3 Å². The molecule has 2 amide bonds. The molecule has 5 nitrogen and oxygen atoms in total. The third-order valence-electron chi connectivity index (χ3n) is 3.27. The number of hydrogen-bond acceptors (Lipinski definition) is 3. The zero-order chi connectivity index (χ0) is 15.6. The van der Waals surface area contributed by atoms with Crippen LogP contribution in [0, 0.1) is 0 Å². The number of carbonyl (C=O) groups excluding carboxylic acids is 2. The number of aromatic hydroxyl groups is 1. The number of rotatable bonds is 3. The molecule has 0 fully saturated rings.